The number of nitrogens with one attached hydrogen (secondary N) is 2. The number of carbonyl (C=O) groups is 1. The molecule has 0 aliphatic carbocycles. The number of aromatic nitrogens is 4. The third-order valence-corrected chi connectivity index (χ3v) is 4.30. The molecule has 4 rings (SSSR count). The topological polar surface area (TPSA) is 84.7 Å². The molecular formula is C22H20N6O. The first kappa shape index (κ1) is 18.4. The zero-order valence-corrected chi connectivity index (χ0v) is 16.1. The second-order valence-corrected chi connectivity index (χ2v) is 6.70. The minimum atomic E-state index is -0.135. The molecule has 7 nitrogen and oxygen atoms in total. The molecule has 0 unspecified atom stereocenters. The van der Waals surface area contributed by atoms with Gasteiger partial charge in [-0.25, -0.2) is 4.68 Å². The summed E-state index contributed by atoms with van der Waals surface area (Å²) in [6, 6.07) is 20.5. The van der Waals surface area contributed by atoms with E-state index in [2.05, 4.69) is 25.9 Å². The molecule has 2 aromatic heterocycles. The van der Waals surface area contributed by atoms with Gasteiger partial charge in [-0.15, -0.1) is 10.2 Å². The van der Waals surface area contributed by atoms with Gasteiger partial charge in [-0.1, -0.05) is 17.7 Å². The fourth-order valence-electron chi connectivity index (χ4n) is 2.83. The van der Waals surface area contributed by atoms with E-state index < -0.39 is 0 Å². The fraction of sp³-hybridized carbons (Fsp3) is 0.0909. The van der Waals surface area contributed by atoms with Crippen LogP contribution in [0.15, 0.2) is 72.9 Å². The van der Waals surface area contributed by atoms with Crippen LogP contribution in [0.3, 0.4) is 0 Å². The summed E-state index contributed by atoms with van der Waals surface area (Å²) in [5.74, 6) is 1.14. The monoisotopic (exact) mass is 384 g/mol. The van der Waals surface area contributed by atoms with Crippen molar-refractivity contribution >= 4 is 23.1 Å². The maximum atomic E-state index is 12.3. The Kier molecular flexibility index (Phi) is 5.03. The third kappa shape index (κ3) is 4.47. The van der Waals surface area contributed by atoms with Gasteiger partial charge >= 0.3 is 0 Å². The van der Waals surface area contributed by atoms with E-state index in [1.807, 2.05) is 80.7 Å². The number of carbonyl (C=O) groups excluding carboxylic acids is 1. The zero-order chi connectivity index (χ0) is 20.2. The van der Waals surface area contributed by atoms with Crippen LogP contribution in [-0.4, -0.2) is 25.9 Å². The van der Waals surface area contributed by atoms with E-state index in [1.165, 1.54) is 0 Å². The van der Waals surface area contributed by atoms with Crippen LogP contribution in [0.2, 0.25) is 0 Å². The summed E-state index contributed by atoms with van der Waals surface area (Å²) in [6.45, 7) is 3.88. The van der Waals surface area contributed by atoms with Crippen molar-refractivity contribution in [2.75, 3.05) is 10.6 Å². The zero-order valence-electron chi connectivity index (χ0n) is 16.1. The molecule has 0 atom stereocenters. The molecule has 29 heavy (non-hydrogen) atoms. The van der Waals surface area contributed by atoms with Crippen LogP contribution in [-0.2, 0) is 0 Å². The molecule has 4 aromatic rings. The number of anilines is 3. The third-order valence-electron chi connectivity index (χ3n) is 4.30. The molecular weight excluding hydrogens is 364 g/mol. The maximum Gasteiger partial charge on any atom is 0.255 e. The van der Waals surface area contributed by atoms with Crippen molar-refractivity contribution in [3.8, 4) is 5.82 Å². The summed E-state index contributed by atoms with van der Waals surface area (Å²) < 4.78 is 1.68. The molecule has 0 bridgehead atoms. The largest absolute Gasteiger partial charge is 0.339 e. The molecule has 2 heterocycles. The van der Waals surface area contributed by atoms with E-state index in [-0.39, 0.29) is 5.91 Å². The first-order chi connectivity index (χ1) is 14.1. The quantitative estimate of drug-likeness (QED) is 0.537. The van der Waals surface area contributed by atoms with Gasteiger partial charge < -0.3 is 10.6 Å². The van der Waals surface area contributed by atoms with E-state index >= 15 is 0 Å². The van der Waals surface area contributed by atoms with Crippen LogP contribution in [0.5, 0.6) is 0 Å². The van der Waals surface area contributed by atoms with Crippen LogP contribution in [0.4, 0.5) is 17.2 Å². The Morgan fingerprint density at radius 2 is 1.69 bits per heavy atom. The normalized spacial score (nSPS) is 10.6. The van der Waals surface area contributed by atoms with Crippen LogP contribution in [0.25, 0.3) is 5.82 Å². The standard InChI is InChI=1S/C22H20N6O/c1-15-4-3-5-17(14-15)22(29)24-19-8-6-18(7-9-19)23-20-10-11-21(26-25-20)28-13-12-16(2)27-28/h3-14H,1-2H3,(H,23,25)(H,24,29). The number of nitrogens with zero attached hydrogens (tertiary/aromatic N) is 4. The number of hydrogen-bond donors (Lipinski definition) is 2. The summed E-state index contributed by atoms with van der Waals surface area (Å²) in [7, 11) is 0. The Bertz CT molecular complexity index is 1130. The molecule has 0 aliphatic heterocycles. The van der Waals surface area contributed by atoms with E-state index in [0.29, 0.717) is 17.2 Å². The molecule has 2 aromatic carbocycles. The number of aryl methyl sites for hydroxylation is 2. The predicted octanol–water partition coefficient (Wildman–Crippen LogP) is 4.28. The van der Waals surface area contributed by atoms with E-state index in [1.54, 1.807) is 10.7 Å². The van der Waals surface area contributed by atoms with Gasteiger partial charge in [0.15, 0.2) is 11.6 Å². The smallest absolute Gasteiger partial charge is 0.255 e. The lowest BCUT2D eigenvalue weighted by molar-refractivity contribution is 0.102. The summed E-state index contributed by atoms with van der Waals surface area (Å²) in [5, 5.41) is 18.8. The Hall–Kier alpha value is -4.00. The molecule has 0 aliphatic rings. The van der Waals surface area contributed by atoms with Crippen LogP contribution < -0.4 is 10.6 Å². The average Bonchev–Trinajstić information content (AvgIpc) is 3.16. The van der Waals surface area contributed by atoms with Crippen molar-refractivity contribution in [1.82, 2.24) is 20.0 Å². The van der Waals surface area contributed by atoms with Gasteiger partial charge in [0.1, 0.15) is 0 Å². The van der Waals surface area contributed by atoms with Crippen molar-refractivity contribution in [2.45, 2.75) is 13.8 Å². The van der Waals surface area contributed by atoms with Crippen molar-refractivity contribution < 1.29 is 4.79 Å². The molecule has 0 radical (unpaired) electrons. The van der Waals surface area contributed by atoms with E-state index in [9.17, 15) is 4.79 Å². The van der Waals surface area contributed by atoms with Gasteiger partial charge in [0.2, 0.25) is 0 Å². The van der Waals surface area contributed by atoms with Gasteiger partial charge in [0, 0.05) is 23.1 Å². The highest BCUT2D eigenvalue weighted by atomic mass is 16.1. The lowest BCUT2D eigenvalue weighted by Gasteiger charge is -2.09. The first-order valence-corrected chi connectivity index (χ1v) is 9.18. The van der Waals surface area contributed by atoms with E-state index in [4.69, 9.17) is 0 Å². The first-order valence-electron chi connectivity index (χ1n) is 9.18. The number of rotatable bonds is 5. The lowest BCUT2D eigenvalue weighted by atomic mass is 10.1. The highest BCUT2D eigenvalue weighted by molar-refractivity contribution is 6.04. The Morgan fingerprint density at radius 3 is 2.34 bits per heavy atom. The fourth-order valence-corrected chi connectivity index (χ4v) is 2.83. The minimum absolute atomic E-state index is 0.135. The molecule has 7 heteroatoms. The van der Waals surface area contributed by atoms with Crippen LogP contribution in [0.1, 0.15) is 21.6 Å². The van der Waals surface area contributed by atoms with Crippen LogP contribution in [0, 0.1) is 13.8 Å². The van der Waals surface area contributed by atoms with Gasteiger partial charge in [-0.3, -0.25) is 4.79 Å². The molecule has 0 saturated carbocycles. The average molecular weight is 384 g/mol. The van der Waals surface area contributed by atoms with Crippen molar-refractivity contribution in [2.24, 2.45) is 0 Å². The summed E-state index contributed by atoms with van der Waals surface area (Å²) in [5.41, 5.74) is 4.17. The van der Waals surface area contributed by atoms with Crippen LogP contribution >= 0.6 is 0 Å². The predicted molar refractivity (Wildman–Crippen MR) is 113 cm³/mol. The second kappa shape index (κ2) is 7.93. The molecule has 0 fully saturated rings. The molecule has 0 saturated heterocycles. The van der Waals surface area contributed by atoms with Gasteiger partial charge in [-0.05, 0) is 68.4 Å². The Morgan fingerprint density at radius 1 is 0.897 bits per heavy atom. The summed E-state index contributed by atoms with van der Waals surface area (Å²) in [4.78, 5) is 12.3. The molecule has 144 valence electrons. The van der Waals surface area contributed by atoms with Crippen molar-refractivity contribution in [3.05, 3.63) is 89.7 Å². The Labute approximate surface area is 168 Å². The summed E-state index contributed by atoms with van der Waals surface area (Å²) >= 11 is 0. The lowest BCUT2D eigenvalue weighted by Crippen LogP contribution is -2.11. The Balaban J connectivity index is 1.40. The molecule has 2 N–H and O–H groups in total. The van der Waals surface area contributed by atoms with Gasteiger partial charge in [-0.2, -0.15) is 5.10 Å². The number of hydrogen-bond acceptors (Lipinski definition) is 5. The maximum absolute atomic E-state index is 12.3. The van der Waals surface area contributed by atoms with Gasteiger partial charge in [0.25, 0.3) is 5.91 Å². The number of amides is 1. The SMILES string of the molecule is Cc1cccc(C(=O)Nc2ccc(Nc3ccc(-n4ccc(C)n4)nn3)cc2)c1. The molecule has 0 spiro atoms. The van der Waals surface area contributed by atoms with Crippen molar-refractivity contribution in [3.63, 3.8) is 0 Å². The number of benzene rings is 2. The highest BCUT2D eigenvalue weighted by Gasteiger charge is 2.06. The van der Waals surface area contributed by atoms with E-state index in [0.717, 1.165) is 22.6 Å². The minimum Gasteiger partial charge on any atom is -0.339 e. The second-order valence-electron chi connectivity index (χ2n) is 6.70. The molecule has 1 amide bonds. The highest BCUT2D eigenvalue weighted by Crippen LogP contribution is 2.18. The van der Waals surface area contributed by atoms with Gasteiger partial charge in [0.05, 0.1) is 5.69 Å². The summed E-state index contributed by atoms with van der Waals surface area (Å²) in [6.07, 6.45) is 1.84. The van der Waals surface area contributed by atoms with Crippen molar-refractivity contribution in [1.29, 1.82) is 0 Å².